The lowest BCUT2D eigenvalue weighted by Gasteiger charge is -2.30. The molecule has 0 N–H and O–H groups in total. The third-order valence-electron chi connectivity index (χ3n) is 5.73. The number of fused-ring (bicyclic) bond motifs is 1. The van der Waals surface area contributed by atoms with E-state index in [0.29, 0.717) is 30.6 Å². The molecule has 0 atom stereocenters. The Morgan fingerprint density at radius 1 is 1.26 bits per heavy atom. The molecule has 0 aromatic heterocycles. The van der Waals surface area contributed by atoms with Crippen LogP contribution >= 0.6 is 11.6 Å². The Morgan fingerprint density at radius 3 is 2.63 bits per heavy atom. The first-order chi connectivity index (χ1) is 16.8. The summed E-state index contributed by atoms with van der Waals surface area (Å²) in [6.07, 6.45) is 8.68. The predicted octanol–water partition coefficient (Wildman–Crippen LogP) is 3.50. The quantitative estimate of drug-likeness (QED) is 0.233. The van der Waals surface area contributed by atoms with Crippen LogP contribution in [-0.4, -0.2) is 49.3 Å². The van der Waals surface area contributed by atoms with Crippen molar-refractivity contribution in [1.29, 1.82) is 0 Å². The summed E-state index contributed by atoms with van der Waals surface area (Å²) >= 11 is 5.77. The van der Waals surface area contributed by atoms with Crippen LogP contribution in [0.3, 0.4) is 0 Å². The molecule has 35 heavy (non-hydrogen) atoms. The van der Waals surface area contributed by atoms with Crippen LogP contribution < -0.4 is 14.5 Å². The van der Waals surface area contributed by atoms with E-state index < -0.39 is 41.1 Å². The molecule has 2 aliphatic rings. The van der Waals surface area contributed by atoms with Gasteiger partial charge in [-0.25, -0.2) is 14.1 Å². The molecule has 1 aliphatic heterocycles. The van der Waals surface area contributed by atoms with Crippen molar-refractivity contribution in [2.24, 2.45) is 0 Å². The first-order valence-electron chi connectivity index (χ1n) is 11.4. The maximum atomic E-state index is 15.2. The second-order valence-electron chi connectivity index (χ2n) is 8.07. The summed E-state index contributed by atoms with van der Waals surface area (Å²) in [5.74, 6) is -1.98. The van der Waals surface area contributed by atoms with Crippen LogP contribution in [-0.2, 0) is 23.9 Å². The maximum absolute atomic E-state index is 15.2. The highest BCUT2D eigenvalue weighted by atomic mass is 35.5. The molecule has 1 aromatic rings. The van der Waals surface area contributed by atoms with Crippen LogP contribution in [0.2, 0.25) is 0 Å². The van der Waals surface area contributed by atoms with Gasteiger partial charge in [-0.3, -0.25) is 19.3 Å². The minimum absolute atomic E-state index is 0.0453. The third kappa shape index (κ3) is 5.65. The number of ether oxygens (including phenoxy) is 2. The van der Waals surface area contributed by atoms with Crippen LogP contribution in [0, 0.1) is 18.2 Å². The number of nitrogens with zero attached hydrogens (tertiary/aromatic N) is 2. The van der Waals surface area contributed by atoms with E-state index in [9.17, 15) is 19.2 Å². The zero-order valence-corrected chi connectivity index (χ0v) is 20.2. The molecule has 1 heterocycles. The minimum Gasteiger partial charge on any atom is -0.481 e. The largest absolute Gasteiger partial charge is 0.481 e. The summed E-state index contributed by atoms with van der Waals surface area (Å²) in [7, 11) is 0. The van der Waals surface area contributed by atoms with E-state index in [1.165, 1.54) is 4.90 Å². The fourth-order valence-corrected chi connectivity index (χ4v) is 4.08. The Balaban J connectivity index is 2.07. The molecule has 1 aliphatic carbocycles. The zero-order valence-electron chi connectivity index (χ0n) is 19.4. The standard InChI is InChI=1S/C25H26ClFN2O6/c1-3-5-11-34-25(33)17-9-7-6-8-16(17)24(32)29(22(30)14-26)19-13-20-21(12-18(19)27)35-15-23(31)28(20)10-4-2/h2,12-13H,3,5-11,14-15H2,1H3. The van der Waals surface area contributed by atoms with E-state index >= 15 is 4.39 Å². The number of esters is 1. The van der Waals surface area contributed by atoms with E-state index in [1.54, 1.807) is 0 Å². The number of halogens is 2. The second-order valence-corrected chi connectivity index (χ2v) is 8.33. The van der Waals surface area contributed by atoms with E-state index in [0.717, 1.165) is 18.6 Å². The van der Waals surface area contributed by atoms with Crippen molar-refractivity contribution in [1.82, 2.24) is 0 Å². The molecular formula is C25H26ClFN2O6. The van der Waals surface area contributed by atoms with E-state index in [4.69, 9.17) is 27.5 Å². The van der Waals surface area contributed by atoms with Gasteiger partial charge in [-0.2, -0.15) is 0 Å². The fraction of sp³-hybridized carbons (Fsp3) is 0.440. The van der Waals surface area contributed by atoms with Gasteiger partial charge >= 0.3 is 5.97 Å². The Morgan fingerprint density at radius 2 is 1.97 bits per heavy atom. The molecule has 0 saturated heterocycles. The highest BCUT2D eigenvalue weighted by molar-refractivity contribution is 6.34. The summed E-state index contributed by atoms with van der Waals surface area (Å²) in [6.45, 7) is 1.72. The van der Waals surface area contributed by atoms with Crippen molar-refractivity contribution in [2.75, 3.05) is 35.4 Å². The lowest BCUT2D eigenvalue weighted by Crippen LogP contribution is -2.42. The van der Waals surface area contributed by atoms with Gasteiger partial charge in [-0.15, -0.1) is 18.0 Å². The van der Waals surface area contributed by atoms with Gasteiger partial charge in [0.15, 0.2) is 12.4 Å². The molecule has 0 unspecified atom stereocenters. The van der Waals surface area contributed by atoms with Gasteiger partial charge < -0.3 is 9.47 Å². The Labute approximate surface area is 208 Å². The van der Waals surface area contributed by atoms with Gasteiger partial charge in [0.1, 0.15) is 11.6 Å². The predicted molar refractivity (Wildman–Crippen MR) is 128 cm³/mol. The number of carbonyl (C=O) groups is 4. The third-order valence-corrected chi connectivity index (χ3v) is 5.96. The maximum Gasteiger partial charge on any atom is 0.334 e. The lowest BCUT2D eigenvalue weighted by atomic mass is 9.90. The number of amides is 3. The van der Waals surface area contributed by atoms with Gasteiger partial charge in [0, 0.05) is 17.2 Å². The molecule has 0 fully saturated rings. The molecule has 0 spiro atoms. The molecule has 10 heteroatoms. The van der Waals surface area contributed by atoms with Crippen LogP contribution in [0.25, 0.3) is 0 Å². The highest BCUT2D eigenvalue weighted by Crippen LogP contribution is 2.39. The Hall–Kier alpha value is -3.38. The number of terminal acetylenes is 1. The van der Waals surface area contributed by atoms with Crippen LogP contribution in [0.1, 0.15) is 45.4 Å². The smallest absolute Gasteiger partial charge is 0.334 e. The van der Waals surface area contributed by atoms with Crippen LogP contribution in [0.4, 0.5) is 15.8 Å². The number of rotatable bonds is 8. The van der Waals surface area contributed by atoms with E-state index in [1.807, 2.05) is 6.92 Å². The van der Waals surface area contributed by atoms with Gasteiger partial charge in [0.05, 0.1) is 24.5 Å². The number of carbonyl (C=O) groups excluding carboxylic acids is 4. The van der Waals surface area contributed by atoms with Gasteiger partial charge in [-0.1, -0.05) is 19.3 Å². The molecule has 8 nitrogen and oxygen atoms in total. The topological polar surface area (TPSA) is 93.2 Å². The normalized spacial score (nSPS) is 15.1. The number of hydrogen-bond donors (Lipinski definition) is 0. The molecule has 3 amide bonds. The van der Waals surface area contributed by atoms with Gasteiger partial charge in [-0.05, 0) is 38.2 Å². The van der Waals surface area contributed by atoms with Crippen molar-refractivity contribution in [2.45, 2.75) is 45.4 Å². The molecule has 1 aromatic carbocycles. The number of alkyl halides is 1. The van der Waals surface area contributed by atoms with Gasteiger partial charge in [0.25, 0.3) is 11.8 Å². The van der Waals surface area contributed by atoms with Crippen molar-refractivity contribution in [3.63, 3.8) is 0 Å². The lowest BCUT2D eigenvalue weighted by molar-refractivity contribution is -0.140. The van der Waals surface area contributed by atoms with Crippen molar-refractivity contribution in [3.05, 3.63) is 29.1 Å². The molecule has 186 valence electrons. The van der Waals surface area contributed by atoms with Crippen LogP contribution in [0.5, 0.6) is 5.75 Å². The molecule has 0 radical (unpaired) electrons. The van der Waals surface area contributed by atoms with Gasteiger partial charge in [0.2, 0.25) is 5.91 Å². The average molecular weight is 505 g/mol. The highest BCUT2D eigenvalue weighted by Gasteiger charge is 2.35. The fourth-order valence-electron chi connectivity index (χ4n) is 3.96. The van der Waals surface area contributed by atoms with Crippen LogP contribution in [0.15, 0.2) is 23.3 Å². The Bertz CT molecular complexity index is 1110. The molecule has 0 saturated carbocycles. The van der Waals surface area contributed by atoms with Crippen molar-refractivity contribution < 1.29 is 33.0 Å². The van der Waals surface area contributed by atoms with E-state index in [2.05, 4.69) is 5.92 Å². The zero-order chi connectivity index (χ0) is 25.5. The molecule has 0 bridgehead atoms. The minimum atomic E-state index is -0.936. The number of unbranched alkanes of at least 4 members (excludes halogenated alkanes) is 1. The number of hydrogen-bond acceptors (Lipinski definition) is 6. The molecule has 3 rings (SSSR count). The first kappa shape index (κ1) is 26.2. The average Bonchev–Trinajstić information content (AvgIpc) is 2.86. The summed E-state index contributed by atoms with van der Waals surface area (Å²) in [5.41, 5.74) is -0.0409. The number of anilines is 2. The first-order valence-corrected chi connectivity index (χ1v) is 11.9. The van der Waals surface area contributed by atoms with Crippen molar-refractivity contribution in [3.8, 4) is 18.1 Å². The van der Waals surface area contributed by atoms with E-state index in [-0.39, 0.29) is 48.8 Å². The second kappa shape index (κ2) is 11.8. The monoisotopic (exact) mass is 504 g/mol. The summed E-state index contributed by atoms with van der Waals surface area (Å²) in [5, 5.41) is 0. The van der Waals surface area contributed by atoms with Crippen molar-refractivity contribution >= 4 is 46.7 Å². The Kier molecular flexibility index (Phi) is 8.88. The molecular weight excluding hydrogens is 479 g/mol. The summed E-state index contributed by atoms with van der Waals surface area (Å²) < 4.78 is 25.8. The number of benzene rings is 1. The summed E-state index contributed by atoms with van der Waals surface area (Å²) in [6, 6.07) is 2.14. The number of imide groups is 1. The summed E-state index contributed by atoms with van der Waals surface area (Å²) in [4.78, 5) is 53.2. The SMILES string of the molecule is C#CCN1C(=O)COc2cc(F)c(N(C(=O)CCl)C(=O)C3=C(C(=O)OCCCC)CCCC3)cc21.